The molecule has 2 aromatic heterocycles. The van der Waals surface area contributed by atoms with Crippen molar-refractivity contribution in [1.82, 2.24) is 14.5 Å². The lowest BCUT2D eigenvalue weighted by atomic mass is 9.97. The number of nitrogens with zero attached hydrogens (tertiary/aromatic N) is 4. The molecular weight excluding hydrogens is 331 g/mol. The van der Waals surface area contributed by atoms with Gasteiger partial charge in [0, 0.05) is 38.5 Å². The first-order valence-electron chi connectivity index (χ1n) is 6.76. The Morgan fingerprint density at radius 2 is 2.08 bits per heavy atom. The van der Waals surface area contributed by atoms with Gasteiger partial charge in [-0.1, -0.05) is 0 Å². The van der Waals surface area contributed by atoms with Crippen molar-refractivity contribution in [3.8, 4) is 0 Å². The largest absolute Gasteiger partial charge is 0.424 e. The van der Waals surface area contributed by atoms with Crippen molar-refractivity contribution in [3.05, 3.63) is 46.7 Å². The summed E-state index contributed by atoms with van der Waals surface area (Å²) in [6, 6.07) is 2.44. The molecule has 2 aromatic rings. The second-order valence-corrected chi connectivity index (χ2v) is 5.06. The Balaban J connectivity index is 2.09. The molecule has 0 fully saturated rings. The van der Waals surface area contributed by atoms with Crippen LogP contribution >= 0.6 is 0 Å². The van der Waals surface area contributed by atoms with E-state index in [4.69, 9.17) is 0 Å². The van der Waals surface area contributed by atoms with Crippen LogP contribution in [0.4, 0.5) is 24.7 Å². The lowest BCUT2D eigenvalue weighted by Gasteiger charge is -2.30. The zero-order chi connectivity index (χ0) is 18.0. The summed E-state index contributed by atoms with van der Waals surface area (Å²) in [5, 5.41) is 23.2. The average Bonchev–Trinajstić information content (AvgIpc) is 2.93. The molecule has 0 saturated heterocycles. The van der Waals surface area contributed by atoms with Crippen molar-refractivity contribution in [2.24, 2.45) is 7.05 Å². The van der Waals surface area contributed by atoms with E-state index in [0.29, 0.717) is 0 Å². The Bertz CT molecular complexity index is 716. The quantitative estimate of drug-likeness (QED) is 0.612. The Morgan fingerprint density at radius 3 is 2.54 bits per heavy atom. The number of pyridine rings is 1. The van der Waals surface area contributed by atoms with E-state index in [9.17, 15) is 28.4 Å². The van der Waals surface area contributed by atoms with Crippen molar-refractivity contribution in [2.45, 2.75) is 18.2 Å². The molecule has 0 aliphatic heterocycles. The number of imidazole rings is 1. The smallest absolute Gasteiger partial charge is 0.374 e. The number of anilines is 1. The van der Waals surface area contributed by atoms with Crippen LogP contribution in [0.25, 0.3) is 0 Å². The zero-order valence-corrected chi connectivity index (χ0v) is 12.5. The highest BCUT2D eigenvalue weighted by atomic mass is 19.4. The van der Waals surface area contributed by atoms with Gasteiger partial charge in [0.15, 0.2) is 0 Å². The maximum atomic E-state index is 13.3. The molecule has 0 spiro atoms. The summed E-state index contributed by atoms with van der Waals surface area (Å²) in [6.07, 6.45) is -2.18. The van der Waals surface area contributed by atoms with Gasteiger partial charge in [-0.3, -0.25) is 10.1 Å². The minimum Gasteiger partial charge on any atom is -0.374 e. The molecule has 0 aliphatic carbocycles. The van der Waals surface area contributed by atoms with Gasteiger partial charge in [0.05, 0.1) is 4.92 Å². The summed E-state index contributed by atoms with van der Waals surface area (Å²) in [7, 11) is 1.35. The Labute approximate surface area is 134 Å². The van der Waals surface area contributed by atoms with Crippen molar-refractivity contribution < 1.29 is 23.2 Å². The summed E-state index contributed by atoms with van der Waals surface area (Å²) < 4.78 is 41.0. The molecule has 2 heterocycles. The monoisotopic (exact) mass is 345 g/mol. The molecule has 8 nitrogen and oxygen atoms in total. The summed E-state index contributed by atoms with van der Waals surface area (Å²) >= 11 is 0. The third kappa shape index (κ3) is 3.45. The normalized spacial score (nSPS) is 14.2. The number of aryl methyl sites for hydroxylation is 1. The van der Waals surface area contributed by atoms with Gasteiger partial charge in [0.1, 0.15) is 17.8 Å². The van der Waals surface area contributed by atoms with Gasteiger partial charge < -0.3 is 15.0 Å². The number of nitro groups is 1. The Kier molecular flexibility index (Phi) is 4.73. The standard InChI is InChI=1S/C13H14F3N5O3/c1-20-7-6-18-11(20)12(22,13(14,15)16)4-5-17-10-3-2-9(8-19-10)21(23)24/h2-3,6-8,22H,4-5H2,1H3,(H,17,19)/t12-/m1/s1. The van der Waals surface area contributed by atoms with Gasteiger partial charge in [-0.15, -0.1) is 0 Å². The predicted molar refractivity (Wildman–Crippen MR) is 77.2 cm³/mol. The number of hydrogen-bond donors (Lipinski definition) is 2. The molecule has 1 atom stereocenters. The fourth-order valence-electron chi connectivity index (χ4n) is 2.11. The van der Waals surface area contributed by atoms with Crippen LogP contribution in [0.3, 0.4) is 0 Å². The molecular formula is C13H14F3N5O3. The van der Waals surface area contributed by atoms with E-state index in [1.165, 1.54) is 25.4 Å². The topological polar surface area (TPSA) is 106 Å². The van der Waals surface area contributed by atoms with Crippen LogP contribution in [0.15, 0.2) is 30.7 Å². The van der Waals surface area contributed by atoms with Crippen molar-refractivity contribution in [1.29, 1.82) is 0 Å². The molecule has 0 aliphatic rings. The number of halogens is 3. The van der Waals surface area contributed by atoms with E-state index in [-0.39, 0.29) is 18.1 Å². The molecule has 0 radical (unpaired) electrons. The van der Waals surface area contributed by atoms with Crippen molar-refractivity contribution in [3.63, 3.8) is 0 Å². The van der Waals surface area contributed by atoms with E-state index in [2.05, 4.69) is 15.3 Å². The van der Waals surface area contributed by atoms with Crippen molar-refractivity contribution in [2.75, 3.05) is 11.9 Å². The number of alkyl halides is 3. The number of aliphatic hydroxyl groups is 1. The second kappa shape index (κ2) is 6.43. The average molecular weight is 345 g/mol. The van der Waals surface area contributed by atoms with E-state index in [1.54, 1.807) is 0 Å². The molecule has 0 unspecified atom stereocenters. The lowest BCUT2D eigenvalue weighted by Crippen LogP contribution is -2.45. The van der Waals surface area contributed by atoms with Gasteiger partial charge in [-0.05, 0) is 6.07 Å². The molecule has 2 N–H and O–H groups in total. The summed E-state index contributed by atoms with van der Waals surface area (Å²) in [5.41, 5.74) is -3.36. The first kappa shape index (κ1) is 17.7. The first-order valence-corrected chi connectivity index (χ1v) is 6.76. The minimum atomic E-state index is -4.92. The minimum absolute atomic E-state index is 0.157. The van der Waals surface area contributed by atoms with Crippen LogP contribution in [0, 0.1) is 10.1 Å². The molecule has 130 valence electrons. The Morgan fingerprint density at radius 1 is 1.38 bits per heavy atom. The van der Waals surface area contributed by atoms with Gasteiger partial charge in [-0.25, -0.2) is 9.97 Å². The Hall–Kier alpha value is -2.69. The van der Waals surface area contributed by atoms with E-state index >= 15 is 0 Å². The number of rotatable bonds is 6. The molecule has 0 saturated carbocycles. The third-order valence-corrected chi connectivity index (χ3v) is 3.41. The highest BCUT2D eigenvalue weighted by molar-refractivity contribution is 5.40. The molecule has 0 aromatic carbocycles. The van der Waals surface area contributed by atoms with Crippen LogP contribution in [-0.2, 0) is 12.6 Å². The molecule has 2 rings (SSSR count). The SMILES string of the molecule is Cn1ccnc1[C@](O)(CCNc1ccc([N+](=O)[O-])cn1)C(F)(F)F. The maximum Gasteiger partial charge on any atom is 0.424 e. The first-order chi connectivity index (χ1) is 11.1. The number of aromatic nitrogens is 3. The second-order valence-electron chi connectivity index (χ2n) is 5.06. The van der Waals surface area contributed by atoms with E-state index in [1.807, 2.05) is 0 Å². The van der Waals surface area contributed by atoms with Gasteiger partial charge in [0.2, 0.25) is 5.60 Å². The highest BCUT2D eigenvalue weighted by Crippen LogP contribution is 2.40. The van der Waals surface area contributed by atoms with Crippen LogP contribution in [0.1, 0.15) is 12.2 Å². The van der Waals surface area contributed by atoms with E-state index < -0.39 is 28.9 Å². The molecule has 0 amide bonds. The van der Waals surface area contributed by atoms with E-state index in [0.717, 1.165) is 17.0 Å². The number of nitrogens with one attached hydrogen (secondary N) is 1. The van der Waals surface area contributed by atoms with Crippen LogP contribution in [0.2, 0.25) is 0 Å². The van der Waals surface area contributed by atoms with Crippen LogP contribution in [0.5, 0.6) is 0 Å². The molecule has 0 bridgehead atoms. The fourth-order valence-corrected chi connectivity index (χ4v) is 2.11. The summed E-state index contributed by atoms with van der Waals surface area (Å²) in [5.74, 6) is -0.363. The molecule has 24 heavy (non-hydrogen) atoms. The van der Waals surface area contributed by atoms with Crippen LogP contribution < -0.4 is 5.32 Å². The third-order valence-electron chi connectivity index (χ3n) is 3.41. The molecule has 11 heteroatoms. The maximum absolute atomic E-state index is 13.3. The van der Waals surface area contributed by atoms with Crippen molar-refractivity contribution >= 4 is 11.5 Å². The van der Waals surface area contributed by atoms with Gasteiger partial charge in [0.25, 0.3) is 5.69 Å². The lowest BCUT2D eigenvalue weighted by molar-refractivity contribution is -0.385. The highest BCUT2D eigenvalue weighted by Gasteiger charge is 2.57. The summed E-state index contributed by atoms with van der Waals surface area (Å²) in [4.78, 5) is 17.2. The predicted octanol–water partition coefficient (Wildman–Crippen LogP) is 1.98. The zero-order valence-electron chi connectivity index (χ0n) is 12.5. The fraction of sp³-hybridized carbons (Fsp3) is 0.385. The van der Waals surface area contributed by atoms with Crippen LogP contribution in [-0.4, -0.2) is 37.3 Å². The van der Waals surface area contributed by atoms with Gasteiger partial charge >= 0.3 is 6.18 Å². The number of hydrogen-bond acceptors (Lipinski definition) is 6. The summed E-state index contributed by atoms with van der Waals surface area (Å²) in [6.45, 7) is -0.270. The van der Waals surface area contributed by atoms with Gasteiger partial charge in [-0.2, -0.15) is 13.2 Å².